The van der Waals surface area contributed by atoms with E-state index in [1.54, 1.807) is 19.9 Å². The van der Waals surface area contributed by atoms with Crippen molar-refractivity contribution in [2.24, 2.45) is 0 Å². The number of carbonyl (C=O) groups excluding carboxylic acids is 3. The van der Waals surface area contributed by atoms with Crippen LogP contribution >= 0.6 is 20.1 Å². The molecule has 1 fully saturated rings. The maximum Gasteiger partial charge on any atom is 0.323 e. The number of alkyl halides is 2. The highest BCUT2D eigenvalue weighted by Crippen LogP contribution is 2.39. The zero-order chi connectivity index (χ0) is 30.4. The number of aldehydes is 1. The number of halogens is 3. The second kappa shape index (κ2) is 17.8. The van der Waals surface area contributed by atoms with Crippen molar-refractivity contribution in [2.45, 2.75) is 44.8 Å². The monoisotopic (exact) mass is 619 g/mol. The third-order valence-electron chi connectivity index (χ3n) is 5.34. The van der Waals surface area contributed by atoms with Gasteiger partial charge in [-0.15, -0.1) is 0 Å². The number of aliphatic hydroxyl groups excluding tert-OH is 1. The lowest BCUT2D eigenvalue weighted by molar-refractivity contribution is -0.145. The van der Waals surface area contributed by atoms with E-state index in [4.69, 9.17) is 30.1 Å². The van der Waals surface area contributed by atoms with Crippen LogP contribution in [-0.2, 0) is 23.6 Å². The number of hydrogen-bond acceptors (Lipinski definition) is 9. The molecule has 3 rings (SSSR count). The van der Waals surface area contributed by atoms with Crippen molar-refractivity contribution in [1.29, 1.82) is 0 Å². The summed E-state index contributed by atoms with van der Waals surface area (Å²) in [6, 6.07) is 12.7. The first-order valence-corrected chi connectivity index (χ1v) is 14.0. The van der Waals surface area contributed by atoms with Gasteiger partial charge in [0.15, 0.2) is 6.29 Å². The molecule has 0 bridgehead atoms. The summed E-state index contributed by atoms with van der Waals surface area (Å²) >= 11 is 5.79. The number of ether oxygens (including phenoxy) is 2. The van der Waals surface area contributed by atoms with Gasteiger partial charge in [-0.25, -0.2) is 18.7 Å². The Hall–Kier alpha value is -2.93. The minimum atomic E-state index is -1.88. The van der Waals surface area contributed by atoms with E-state index in [0.29, 0.717) is 12.0 Å². The Kier molecular flexibility index (Phi) is 14.9. The number of hydrogen-bond donors (Lipinski definition) is 3. The number of carbonyl (C=O) groups is 3. The molecule has 11 nitrogen and oxygen atoms in total. The molecule has 15 heteroatoms. The Balaban J connectivity index is 0.00000187. The number of esters is 1. The summed E-state index contributed by atoms with van der Waals surface area (Å²) in [4.78, 5) is 36.5. The van der Waals surface area contributed by atoms with Gasteiger partial charge in [-0.05, 0) is 25.3 Å². The molecule has 0 aliphatic carbocycles. The average Bonchev–Trinajstić information content (AvgIpc) is 3.32. The van der Waals surface area contributed by atoms with Crippen LogP contribution in [0.2, 0.25) is 0 Å². The van der Waals surface area contributed by atoms with E-state index in [0.717, 1.165) is 21.9 Å². The number of allylic oxidation sites excluding steroid dienone is 1. The summed E-state index contributed by atoms with van der Waals surface area (Å²) in [6.45, 7) is 1.47. The number of benzene rings is 2. The maximum absolute atomic E-state index is 12.3. The van der Waals surface area contributed by atoms with E-state index >= 15 is 0 Å². The fourth-order valence-electron chi connectivity index (χ4n) is 3.64. The van der Waals surface area contributed by atoms with E-state index in [1.807, 2.05) is 36.4 Å². The highest BCUT2D eigenvalue weighted by atomic mass is 35.5. The molecule has 4 unspecified atom stereocenters. The Labute approximate surface area is 242 Å². The molecule has 2 aromatic rings. The van der Waals surface area contributed by atoms with Crippen LogP contribution < -0.4 is 14.9 Å². The molecule has 0 aromatic heterocycles. The fourth-order valence-corrected chi connectivity index (χ4v) is 4.84. The largest absolute Gasteiger partial charge is 0.462 e. The molecule has 3 N–H and O–H groups in total. The smallest absolute Gasteiger partial charge is 0.323 e. The Bertz CT molecular complexity index is 1170. The van der Waals surface area contributed by atoms with Crippen molar-refractivity contribution in [3.8, 4) is 5.75 Å². The molecule has 41 heavy (non-hydrogen) atoms. The van der Waals surface area contributed by atoms with Crippen LogP contribution in [-0.4, -0.2) is 80.0 Å². The number of nitrogens with one attached hydrogen (secondary N) is 2. The molecule has 226 valence electrons. The van der Waals surface area contributed by atoms with Gasteiger partial charge in [0.25, 0.3) is 0 Å². The number of aliphatic hydroxyl groups is 1. The van der Waals surface area contributed by atoms with Gasteiger partial charge in [0.05, 0.1) is 23.8 Å². The summed E-state index contributed by atoms with van der Waals surface area (Å²) in [5.74, 6) is 0.0686. The SMILES string of the molecule is CNC(=O)N(/C=C(/Cl)C=O)C1CC(O)C(COP(NCC(=O)OC(C)C)Oc2cccc3ccccc23)O1.FCF. The van der Waals surface area contributed by atoms with Gasteiger partial charge in [0, 0.05) is 25.1 Å². The Morgan fingerprint density at radius 1 is 1.24 bits per heavy atom. The predicted molar refractivity (Wildman–Crippen MR) is 149 cm³/mol. The van der Waals surface area contributed by atoms with Gasteiger partial charge in [0.2, 0.25) is 6.93 Å². The number of fused-ring (bicyclic) bond motifs is 1. The Morgan fingerprint density at radius 2 is 1.93 bits per heavy atom. The van der Waals surface area contributed by atoms with Gasteiger partial charge in [-0.3, -0.25) is 14.5 Å². The standard InChI is InChI=1S/C25H31ClN3O8P.CH2F2/c1-16(2)35-24(32)12-28-38(37-21-10-6-8-17-7-4-5-9-19(17)21)34-15-22-20(31)11-23(36-22)29(25(33)27-3)13-18(26)14-30;2-1-3/h4-10,13-14,16,20,22-23,28,31H,11-12,15H2,1-3H3,(H,27,33);1H2/b18-13+;. The number of rotatable bonds is 12. The molecule has 1 saturated heterocycles. The predicted octanol–water partition coefficient (Wildman–Crippen LogP) is 4.28. The molecule has 2 aromatic carbocycles. The topological polar surface area (TPSA) is 136 Å². The molecule has 4 atom stereocenters. The highest BCUT2D eigenvalue weighted by Gasteiger charge is 2.39. The van der Waals surface area contributed by atoms with Gasteiger partial charge in [-0.2, -0.15) is 0 Å². The zero-order valence-electron chi connectivity index (χ0n) is 22.7. The third kappa shape index (κ3) is 11.1. The van der Waals surface area contributed by atoms with E-state index in [-0.39, 0.29) is 30.7 Å². The van der Waals surface area contributed by atoms with Crippen LogP contribution in [0.4, 0.5) is 13.6 Å². The molecule has 1 heterocycles. The van der Waals surface area contributed by atoms with Gasteiger partial charge >= 0.3 is 20.5 Å². The minimum Gasteiger partial charge on any atom is -0.462 e. The van der Waals surface area contributed by atoms with E-state index in [2.05, 4.69) is 10.4 Å². The first-order chi connectivity index (χ1) is 19.6. The van der Waals surface area contributed by atoms with E-state index in [9.17, 15) is 28.3 Å². The minimum absolute atomic E-state index is 0.0528. The van der Waals surface area contributed by atoms with Crippen LogP contribution in [0, 0.1) is 0 Å². The Morgan fingerprint density at radius 3 is 2.59 bits per heavy atom. The van der Waals surface area contributed by atoms with Gasteiger partial charge in [0.1, 0.15) is 24.6 Å². The second-order valence-electron chi connectivity index (χ2n) is 8.62. The first kappa shape index (κ1) is 34.3. The summed E-state index contributed by atoms with van der Waals surface area (Å²) in [5.41, 5.74) is 0. The van der Waals surface area contributed by atoms with Crippen molar-refractivity contribution >= 4 is 49.2 Å². The lowest BCUT2D eigenvalue weighted by atomic mass is 10.1. The van der Waals surface area contributed by atoms with Gasteiger partial charge < -0.3 is 28.9 Å². The van der Waals surface area contributed by atoms with Crippen molar-refractivity contribution in [3.05, 3.63) is 53.7 Å². The van der Waals surface area contributed by atoms with Crippen molar-refractivity contribution in [3.63, 3.8) is 0 Å². The van der Waals surface area contributed by atoms with Crippen molar-refractivity contribution in [2.75, 3.05) is 27.1 Å². The number of nitrogens with zero attached hydrogens (tertiary/aromatic N) is 1. The zero-order valence-corrected chi connectivity index (χ0v) is 24.3. The van der Waals surface area contributed by atoms with Crippen LogP contribution in [0.25, 0.3) is 10.8 Å². The highest BCUT2D eigenvalue weighted by molar-refractivity contribution is 7.45. The summed E-state index contributed by atoms with van der Waals surface area (Å²) in [6.07, 6.45) is -1.43. The summed E-state index contributed by atoms with van der Waals surface area (Å²) < 4.78 is 42.4. The number of urea groups is 1. The molecule has 0 saturated carbocycles. The molecule has 1 aliphatic heterocycles. The summed E-state index contributed by atoms with van der Waals surface area (Å²) in [5, 5.41) is 17.6. The van der Waals surface area contributed by atoms with E-state index < -0.39 is 45.9 Å². The first-order valence-electron chi connectivity index (χ1n) is 12.4. The molecule has 2 amide bonds. The average molecular weight is 620 g/mol. The molecular weight excluding hydrogens is 587 g/mol. The van der Waals surface area contributed by atoms with Gasteiger partial charge in [-0.1, -0.05) is 48.0 Å². The van der Waals surface area contributed by atoms with E-state index in [1.165, 1.54) is 7.05 Å². The molecule has 0 spiro atoms. The normalized spacial score (nSPS) is 19.2. The summed E-state index contributed by atoms with van der Waals surface area (Å²) in [7, 11) is -0.464. The number of amides is 2. The van der Waals surface area contributed by atoms with Crippen molar-refractivity contribution < 1.29 is 46.8 Å². The lowest BCUT2D eigenvalue weighted by Gasteiger charge is -2.25. The van der Waals surface area contributed by atoms with Crippen LogP contribution in [0.5, 0.6) is 5.75 Å². The third-order valence-corrected chi connectivity index (χ3v) is 6.69. The van der Waals surface area contributed by atoms with Crippen LogP contribution in [0.15, 0.2) is 53.7 Å². The quantitative estimate of drug-likeness (QED) is 0.138. The fraction of sp³-hybridized carbons (Fsp3) is 0.423. The van der Waals surface area contributed by atoms with Crippen molar-refractivity contribution in [1.82, 2.24) is 15.3 Å². The lowest BCUT2D eigenvalue weighted by Crippen LogP contribution is -2.42. The maximum atomic E-state index is 12.3. The molecular formula is C26H33ClF2N3O8P. The van der Waals surface area contributed by atoms with Crippen LogP contribution in [0.1, 0.15) is 20.3 Å². The second-order valence-corrected chi connectivity index (χ2v) is 10.3. The van der Waals surface area contributed by atoms with Crippen LogP contribution in [0.3, 0.4) is 0 Å². The molecule has 1 aliphatic rings. The molecule has 0 radical (unpaired) electrons.